The van der Waals surface area contributed by atoms with Crippen LogP contribution in [-0.4, -0.2) is 129 Å². The molecule has 0 unspecified atom stereocenters. The van der Waals surface area contributed by atoms with Gasteiger partial charge in [-0.3, -0.25) is 43.2 Å². The largest absolute Gasteiger partial charge is 0.480 e. The van der Waals surface area contributed by atoms with Gasteiger partial charge in [0.15, 0.2) is 0 Å². The van der Waals surface area contributed by atoms with Crippen LogP contribution in [0.3, 0.4) is 0 Å². The van der Waals surface area contributed by atoms with E-state index in [9.17, 15) is 53.1 Å². The summed E-state index contributed by atoms with van der Waals surface area (Å²) in [5.41, 5.74) is 12.9. The van der Waals surface area contributed by atoms with Crippen LogP contribution in [0, 0.1) is 11.8 Å². The molecule has 0 aliphatic heterocycles. The number of carbonyl (C=O) groups excluding carboxylic acids is 9. The molecule has 1 aromatic heterocycles. The Morgan fingerprint density at radius 3 is 1.51 bits per heavy atom. The number of rotatable bonds is 31. The molecule has 9 amide bonds. The predicted octanol–water partition coefficient (Wildman–Crippen LogP) is -0.853. The van der Waals surface area contributed by atoms with E-state index in [2.05, 4.69) is 52.5 Å². The number of hydrogen-bond donors (Lipinski definition) is 12. The minimum atomic E-state index is -1.62. The van der Waals surface area contributed by atoms with E-state index in [1.54, 1.807) is 88.4 Å². The van der Waals surface area contributed by atoms with Crippen molar-refractivity contribution in [2.75, 3.05) is 6.54 Å². The molecule has 0 bridgehead atoms. The molecule has 0 saturated heterocycles. The highest BCUT2D eigenvalue weighted by molar-refractivity contribution is 5.98. The van der Waals surface area contributed by atoms with Crippen molar-refractivity contribution in [3.05, 3.63) is 90.0 Å². The summed E-state index contributed by atoms with van der Waals surface area (Å²) in [5.74, 6) is -9.51. The van der Waals surface area contributed by atoms with Crippen molar-refractivity contribution in [2.24, 2.45) is 23.3 Å². The third kappa shape index (κ3) is 20.5. The lowest BCUT2D eigenvalue weighted by Gasteiger charge is -2.29. The fraction of sp³-hybridized carbons (Fsp3) is 0.500. The zero-order chi connectivity index (χ0) is 54.2. The molecule has 0 spiro atoms. The first-order valence-corrected chi connectivity index (χ1v) is 24.3. The smallest absolute Gasteiger partial charge is 0.326 e. The van der Waals surface area contributed by atoms with E-state index in [0.717, 1.165) is 0 Å². The summed E-state index contributed by atoms with van der Waals surface area (Å²) in [6.45, 7) is 9.64. The predicted molar refractivity (Wildman–Crippen MR) is 268 cm³/mol. The normalized spacial score (nSPS) is 14.7. The lowest BCUT2D eigenvalue weighted by atomic mass is 9.98. The van der Waals surface area contributed by atoms with Gasteiger partial charge in [-0.25, -0.2) is 9.78 Å². The Kier molecular flexibility index (Phi) is 24.7. The summed E-state index contributed by atoms with van der Waals surface area (Å²) in [6.07, 6.45) is 2.90. The Bertz CT molecular complexity index is 2320. The number of nitrogens with two attached hydrogens (primary N) is 2. The number of hydrogen-bond acceptors (Lipinski definition) is 12. The number of imidazole rings is 1. The molecule has 0 radical (unpaired) electrons. The Morgan fingerprint density at radius 2 is 1.05 bits per heavy atom. The number of nitrogens with zero attached hydrogens (tertiary/aromatic N) is 1. The van der Waals surface area contributed by atoms with Gasteiger partial charge in [0.2, 0.25) is 53.2 Å². The Hall–Kier alpha value is -7.69. The van der Waals surface area contributed by atoms with E-state index in [-0.39, 0.29) is 32.2 Å². The van der Waals surface area contributed by atoms with Crippen LogP contribution < -0.4 is 54.0 Å². The standard InChI is InChI=1S/C50H72N12O11/c1-7-29(4)42(50(72)73)62-48(70)39(25-40(52)64)59-44(66)35(20-14-15-21-51)56-45(67)36(22-32-16-10-8-11-17-32)57-46(68)37(23-33-18-12-9-13-19-33)58-47(69)38(24-34-26-53-27-54-34)60-49(71)41(28(2)3)61-43(65)30(5)55-31(6)63/h8-13,16-19,26-30,35-39,41-42H,7,14-15,20-25,51H2,1-6H3,(H2,52,64)(H,53,54)(H,55,63)(H,56,67)(H,57,68)(H,58,69)(H,59,66)(H,60,71)(H,61,65)(H,62,70)(H,72,73)/t29-,30-,35-,36-,37-,38-,39-,41-,42-/m0/s1. The number of unbranched alkanes of at least 4 members (excludes halogenated alkanes) is 1. The van der Waals surface area contributed by atoms with Crippen LogP contribution in [0.25, 0.3) is 0 Å². The molecular formula is C50H72N12O11. The summed E-state index contributed by atoms with van der Waals surface area (Å²) >= 11 is 0. The number of primary amides is 1. The van der Waals surface area contributed by atoms with Crippen LogP contribution in [0.15, 0.2) is 73.2 Å². The van der Waals surface area contributed by atoms with Crippen molar-refractivity contribution in [1.82, 2.24) is 52.5 Å². The molecule has 0 aliphatic carbocycles. The monoisotopic (exact) mass is 1020 g/mol. The van der Waals surface area contributed by atoms with Gasteiger partial charge in [-0.2, -0.15) is 0 Å². The van der Waals surface area contributed by atoms with Gasteiger partial charge in [0.05, 0.1) is 12.7 Å². The van der Waals surface area contributed by atoms with Gasteiger partial charge in [0, 0.05) is 38.1 Å². The number of carboxylic acids is 1. The molecule has 3 aromatic rings. The molecule has 1 heterocycles. The van der Waals surface area contributed by atoms with E-state index >= 15 is 0 Å². The number of amides is 9. The Morgan fingerprint density at radius 1 is 0.589 bits per heavy atom. The van der Waals surface area contributed by atoms with Gasteiger partial charge >= 0.3 is 5.97 Å². The molecular weight excluding hydrogens is 945 g/mol. The number of aromatic nitrogens is 2. The Labute approximate surface area is 424 Å². The van der Waals surface area contributed by atoms with Crippen LogP contribution in [0.5, 0.6) is 0 Å². The van der Waals surface area contributed by atoms with Gasteiger partial charge in [-0.1, -0.05) is 94.8 Å². The fourth-order valence-corrected chi connectivity index (χ4v) is 7.59. The first-order chi connectivity index (χ1) is 34.6. The topological polar surface area (TPSA) is 368 Å². The zero-order valence-corrected chi connectivity index (χ0v) is 42.2. The Balaban J connectivity index is 2.00. The van der Waals surface area contributed by atoms with Gasteiger partial charge in [-0.15, -0.1) is 0 Å². The third-order valence-corrected chi connectivity index (χ3v) is 11.9. The molecule has 2 aromatic carbocycles. The summed E-state index contributed by atoms with van der Waals surface area (Å²) in [5, 5.41) is 30.6. The molecule has 73 heavy (non-hydrogen) atoms. The van der Waals surface area contributed by atoms with Gasteiger partial charge < -0.3 is 64.1 Å². The van der Waals surface area contributed by atoms with E-state index in [1.165, 1.54) is 26.4 Å². The van der Waals surface area contributed by atoms with Crippen molar-refractivity contribution in [3.8, 4) is 0 Å². The van der Waals surface area contributed by atoms with E-state index < -0.39 is 126 Å². The van der Waals surface area contributed by atoms with Gasteiger partial charge in [0.25, 0.3) is 0 Å². The van der Waals surface area contributed by atoms with E-state index in [1.807, 2.05) is 0 Å². The van der Waals surface area contributed by atoms with Crippen molar-refractivity contribution >= 4 is 59.1 Å². The highest BCUT2D eigenvalue weighted by atomic mass is 16.4. The number of benzene rings is 2. The number of aliphatic carboxylic acids is 1. The maximum atomic E-state index is 14.7. The summed E-state index contributed by atoms with van der Waals surface area (Å²) in [6, 6.07) is 6.68. The number of aromatic amines is 1. The minimum absolute atomic E-state index is 0.0118. The lowest BCUT2D eigenvalue weighted by Crippen LogP contribution is -2.61. The highest BCUT2D eigenvalue weighted by Gasteiger charge is 2.36. The third-order valence-electron chi connectivity index (χ3n) is 11.9. The molecule has 0 saturated carbocycles. The number of carboxylic acid groups (broad SMARTS) is 1. The molecule has 3 rings (SSSR count). The molecule has 0 aliphatic rings. The number of H-pyrrole nitrogens is 1. The molecule has 398 valence electrons. The number of nitrogens with one attached hydrogen (secondary N) is 9. The molecule has 9 atom stereocenters. The first kappa shape index (κ1) is 59.6. The van der Waals surface area contributed by atoms with E-state index in [0.29, 0.717) is 36.1 Å². The summed E-state index contributed by atoms with van der Waals surface area (Å²) < 4.78 is 0. The van der Waals surface area contributed by atoms with Crippen molar-refractivity contribution in [2.45, 2.75) is 141 Å². The van der Waals surface area contributed by atoms with Crippen molar-refractivity contribution < 1.29 is 53.1 Å². The van der Waals surface area contributed by atoms with Gasteiger partial charge in [-0.05, 0) is 55.7 Å². The van der Waals surface area contributed by atoms with Crippen LogP contribution in [0.2, 0.25) is 0 Å². The maximum Gasteiger partial charge on any atom is 0.326 e. The quantitative estimate of drug-likeness (QED) is 0.0350. The fourth-order valence-electron chi connectivity index (χ4n) is 7.59. The van der Waals surface area contributed by atoms with Crippen molar-refractivity contribution in [1.29, 1.82) is 0 Å². The highest BCUT2D eigenvalue weighted by Crippen LogP contribution is 2.13. The van der Waals surface area contributed by atoms with Gasteiger partial charge in [0.1, 0.15) is 48.3 Å². The average Bonchev–Trinajstić information content (AvgIpc) is 3.86. The molecule has 23 heteroatoms. The number of carbonyl (C=O) groups is 10. The van der Waals surface area contributed by atoms with Crippen molar-refractivity contribution in [3.63, 3.8) is 0 Å². The molecule has 0 fully saturated rings. The SMILES string of the molecule is CC[C@H](C)[C@H](NC(=O)[C@H](CC(N)=O)NC(=O)[C@H](CCCCN)NC(=O)[C@H](Cc1ccccc1)NC(=O)[C@H](Cc1ccccc1)NC(=O)[C@H](Cc1cnc[nH]1)NC(=O)[C@@H](NC(=O)[C@H](C)NC(C)=O)C(C)C)C(=O)O. The maximum absolute atomic E-state index is 14.7. The summed E-state index contributed by atoms with van der Waals surface area (Å²) in [7, 11) is 0. The second-order valence-electron chi connectivity index (χ2n) is 18.3. The second kappa shape index (κ2) is 30.3. The first-order valence-electron chi connectivity index (χ1n) is 24.3. The van der Waals surface area contributed by atoms with Crippen LogP contribution in [0.4, 0.5) is 0 Å². The average molecular weight is 1020 g/mol. The van der Waals surface area contributed by atoms with Crippen LogP contribution in [0.1, 0.15) is 90.5 Å². The molecule has 23 nitrogen and oxygen atoms in total. The van der Waals surface area contributed by atoms with Crippen LogP contribution >= 0.6 is 0 Å². The molecule has 14 N–H and O–H groups in total. The minimum Gasteiger partial charge on any atom is -0.480 e. The zero-order valence-electron chi connectivity index (χ0n) is 42.2. The second-order valence-corrected chi connectivity index (χ2v) is 18.3. The van der Waals surface area contributed by atoms with Crippen LogP contribution in [-0.2, 0) is 67.2 Å². The van der Waals surface area contributed by atoms with E-state index in [4.69, 9.17) is 11.5 Å². The summed E-state index contributed by atoms with van der Waals surface area (Å²) in [4.78, 5) is 141. The lowest BCUT2D eigenvalue weighted by molar-refractivity contribution is -0.144.